The van der Waals surface area contributed by atoms with Gasteiger partial charge in [-0.05, 0) is 62.0 Å². The van der Waals surface area contributed by atoms with Crippen molar-refractivity contribution in [3.63, 3.8) is 0 Å². The van der Waals surface area contributed by atoms with Gasteiger partial charge in [0.15, 0.2) is 0 Å². The van der Waals surface area contributed by atoms with Crippen LogP contribution in [0.15, 0.2) is 24.3 Å². The lowest BCUT2D eigenvalue weighted by Crippen LogP contribution is -2.13. The number of hydrogen-bond donors (Lipinski definition) is 0. The molecule has 1 aromatic carbocycles. The van der Waals surface area contributed by atoms with Crippen LogP contribution in [0.5, 0.6) is 5.75 Å². The van der Waals surface area contributed by atoms with Crippen LogP contribution < -0.4 is 4.74 Å². The summed E-state index contributed by atoms with van der Waals surface area (Å²) in [5.74, 6) is -1.73. The fourth-order valence-corrected chi connectivity index (χ4v) is 2.05. The first-order valence-electron chi connectivity index (χ1n) is 10.2. The predicted octanol–water partition coefficient (Wildman–Crippen LogP) is 5.16. The van der Waals surface area contributed by atoms with E-state index < -0.39 is 37.4 Å². The minimum Gasteiger partial charge on any atom is -0.494 e. The van der Waals surface area contributed by atoms with Crippen LogP contribution in [0.3, 0.4) is 0 Å². The molecule has 0 spiro atoms. The van der Waals surface area contributed by atoms with Crippen molar-refractivity contribution in [3.8, 4) is 5.75 Å². The number of rotatable bonds is 5. The molecule has 0 saturated heterocycles. The smallest absolute Gasteiger partial charge is 0.119 e. The van der Waals surface area contributed by atoms with Gasteiger partial charge in [-0.3, -0.25) is 0 Å². The molecule has 100 valence electrons. The maximum absolute atomic E-state index is 8.45. The molecule has 1 aliphatic carbocycles. The first-order valence-corrected chi connectivity index (χ1v) is 6.66. The molecule has 1 aliphatic rings. The van der Waals surface area contributed by atoms with E-state index in [0.29, 0.717) is 24.3 Å². The van der Waals surface area contributed by atoms with E-state index in [1.54, 1.807) is 24.3 Å². The van der Waals surface area contributed by atoms with E-state index in [4.69, 9.17) is 14.3 Å². The Morgan fingerprint density at radius 3 is 2.61 bits per heavy atom. The maximum Gasteiger partial charge on any atom is 0.119 e. The Labute approximate surface area is 121 Å². The second-order valence-electron chi connectivity index (χ2n) is 4.44. The van der Waals surface area contributed by atoms with E-state index >= 15 is 0 Å². The van der Waals surface area contributed by atoms with Crippen LogP contribution in [0.4, 0.5) is 0 Å². The van der Waals surface area contributed by atoms with Crippen molar-refractivity contribution >= 4 is 0 Å². The highest BCUT2D eigenvalue weighted by Gasteiger charge is 2.21. The summed E-state index contributed by atoms with van der Waals surface area (Å²) in [6.07, 6.45) is -7.47. The molecular weight excluding hydrogens is 220 g/mol. The van der Waals surface area contributed by atoms with E-state index in [1.807, 2.05) is 13.8 Å². The van der Waals surface area contributed by atoms with Gasteiger partial charge in [-0.1, -0.05) is 31.9 Å². The van der Waals surface area contributed by atoms with E-state index in [-0.39, 0.29) is 6.42 Å². The summed E-state index contributed by atoms with van der Waals surface area (Å²) in [7, 11) is 0. The molecule has 0 radical (unpaired) electrons. The molecule has 1 aromatic rings. The Hall–Kier alpha value is -0.980. The molecule has 0 aliphatic heterocycles. The third-order valence-electron chi connectivity index (χ3n) is 3.00. The van der Waals surface area contributed by atoms with E-state index in [9.17, 15) is 0 Å². The Morgan fingerprint density at radius 2 is 1.94 bits per heavy atom. The quantitative estimate of drug-likeness (QED) is 0.704. The predicted molar refractivity (Wildman–Crippen MR) is 77.2 cm³/mol. The van der Waals surface area contributed by atoms with Crippen molar-refractivity contribution in [1.82, 2.24) is 0 Å². The molecule has 1 unspecified atom stereocenters. The summed E-state index contributed by atoms with van der Waals surface area (Å²) < 4.78 is 64.2. The largest absolute Gasteiger partial charge is 0.494 e. The fourth-order valence-electron chi connectivity index (χ4n) is 2.05. The summed E-state index contributed by atoms with van der Waals surface area (Å²) in [5, 5.41) is 0. The van der Waals surface area contributed by atoms with Crippen molar-refractivity contribution in [1.29, 1.82) is 0 Å². The molecule has 0 N–H and O–H groups in total. The highest BCUT2D eigenvalue weighted by atomic mass is 16.5. The van der Waals surface area contributed by atoms with Gasteiger partial charge in [0.2, 0.25) is 0 Å². The Balaban J connectivity index is 2.50. The zero-order chi connectivity index (χ0) is 19.0. The van der Waals surface area contributed by atoms with Crippen LogP contribution in [-0.4, -0.2) is 6.61 Å². The molecule has 0 aromatic heterocycles. The van der Waals surface area contributed by atoms with Gasteiger partial charge in [0.1, 0.15) is 5.75 Å². The van der Waals surface area contributed by atoms with Gasteiger partial charge in [-0.2, -0.15) is 0 Å². The highest BCUT2D eigenvalue weighted by molar-refractivity contribution is 5.29. The average Bonchev–Trinajstić information content (AvgIpc) is 2.53. The Kier molecular flexibility index (Phi) is 2.64. The molecule has 18 heavy (non-hydrogen) atoms. The van der Waals surface area contributed by atoms with Crippen molar-refractivity contribution in [2.24, 2.45) is 5.92 Å². The minimum absolute atomic E-state index is 0.213. The topological polar surface area (TPSA) is 9.23 Å². The van der Waals surface area contributed by atoms with Crippen molar-refractivity contribution in [3.05, 3.63) is 29.8 Å². The van der Waals surface area contributed by atoms with Crippen molar-refractivity contribution in [2.75, 3.05) is 6.61 Å². The molecule has 3 atom stereocenters. The standard InChI is InChI=1S/C17H26O/c1-3-5-14-6-8-15(9-7-14)16-10-12-17(13-11-16)18-4-2/h10-15H,3-9H2,1-2H3/t14-,15-/i6D2,7D2,8D,9D2/t8?,14-,15-/m0/s1. The molecule has 0 amide bonds. The van der Waals surface area contributed by atoms with E-state index in [1.165, 1.54) is 0 Å². The summed E-state index contributed by atoms with van der Waals surface area (Å²) in [4.78, 5) is 0. The van der Waals surface area contributed by atoms with Gasteiger partial charge in [-0.25, -0.2) is 0 Å². The van der Waals surface area contributed by atoms with Gasteiger partial charge in [0.25, 0.3) is 0 Å². The van der Waals surface area contributed by atoms with Gasteiger partial charge in [0.05, 0.1) is 6.61 Å². The van der Waals surface area contributed by atoms with E-state index in [0.717, 1.165) is 0 Å². The molecule has 2 rings (SSSR count). The highest BCUT2D eigenvalue weighted by Crippen LogP contribution is 2.37. The lowest BCUT2D eigenvalue weighted by Gasteiger charge is -2.28. The summed E-state index contributed by atoms with van der Waals surface area (Å²) in [5.41, 5.74) is 0.427. The molecule has 1 heteroatoms. The number of benzene rings is 1. The lowest BCUT2D eigenvalue weighted by atomic mass is 9.77. The molecule has 1 nitrogen and oxygen atoms in total. The van der Waals surface area contributed by atoms with Crippen LogP contribution in [-0.2, 0) is 0 Å². The second-order valence-corrected chi connectivity index (χ2v) is 4.44. The molecule has 0 heterocycles. The molecule has 0 bridgehead atoms. The van der Waals surface area contributed by atoms with Gasteiger partial charge in [-0.15, -0.1) is 0 Å². The average molecular weight is 253 g/mol. The summed E-state index contributed by atoms with van der Waals surface area (Å²) in [6.45, 7) is 4.16. The second kappa shape index (κ2) is 6.82. The van der Waals surface area contributed by atoms with Gasteiger partial charge in [0, 0.05) is 9.60 Å². The first kappa shape index (κ1) is 6.98. The van der Waals surface area contributed by atoms with E-state index in [2.05, 4.69) is 0 Å². The third-order valence-corrected chi connectivity index (χ3v) is 3.00. The third kappa shape index (κ3) is 3.51. The first-order chi connectivity index (χ1) is 11.5. The molecule has 1 fully saturated rings. The lowest BCUT2D eigenvalue weighted by molar-refractivity contribution is 0.308. The summed E-state index contributed by atoms with van der Waals surface area (Å²) >= 11 is 0. The maximum atomic E-state index is 8.45. The van der Waals surface area contributed by atoms with Gasteiger partial charge < -0.3 is 4.74 Å². The number of ether oxygens (including phenoxy) is 1. The fraction of sp³-hybridized carbons (Fsp3) is 0.647. The molecular formula is C17H26O. The molecule has 1 saturated carbocycles. The van der Waals surface area contributed by atoms with Crippen LogP contribution in [0.25, 0.3) is 0 Å². The Morgan fingerprint density at radius 1 is 1.17 bits per heavy atom. The zero-order valence-electron chi connectivity index (χ0n) is 18.1. The monoisotopic (exact) mass is 253 g/mol. The van der Waals surface area contributed by atoms with Gasteiger partial charge >= 0.3 is 0 Å². The van der Waals surface area contributed by atoms with Crippen LogP contribution in [0.1, 0.15) is 73.3 Å². The van der Waals surface area contributed by atoms with Crippen LogP contribution in [0.2, 0.25) is 0 Å². The normalized spacial score (nSPS) is 42.1. The SMILES string of the molecule is [2H]C1[C@H](c2ccc(OCC)cc2)C([2H])([2H])C([2H])([2H])[C@@H](CCC)C1([2H])[2H]. The van der Waals surface area contributed by atoms with Crippen LogP contribution in [0, 0.1) is 5.92 Å². The summed E-state index contributed by atoms with van der Waals surface area (Å²) in [6, 6.07) is 6.54. The van der Waals surface area contributed by atoms with Crippen molar-refractivity contribution in [2.45, 2.75) is 58.1 Å². The van der Waals surface area contributed by atoms with Crippen molar-refractivity contribution < 1.29 is 14.3 Å². The minimum atomic E-state index is -2.37. The Bertz CT molecular complexity index is 585. The number of hydrogen-bond acceptors (Lipinski definition) is 1. The zero-order valence-corrected chi connectivity index (χ0v) is 11.1. The van der Waals surface area contributed by atoms with Crippen LogP contribution >= 0.6 is 0 Å².